The quantitative estimate of drug-likeness (QED) is 0.440. The van der Waals surface area contributed by atoms with E-state index < -0.39 is 5.82 Å². The smallest absolute Gasteiger partial charge is 0.274 e. The van der Waals surface area contributed by atoms with Gasteiger partial charge >= 0.3 is 0 Å². The number of hydrogen-bond acceptors (Lipinski definition) is 8. The molecule has 2 fully saturated rings. The van der Waals surface area contributed by atoms with Crippen LogP contribution in [0.2, 0.25) is 0 Å². The second-order valence-electron chi connectivity index (χ2n) is 9.33. The van der Waals surface area contributed by atoms with Gasteiger partial charge in [-0.05, 0) is 56.5 Å². The molecule has 184 valence electrons. The molecule has 1 amide bonds. The number of anilines is 3. The Labute approximate surface area is 206 Å². The van der Waals surface area contributed by atoms with Gasteiger partial charge in [0.1, 0.15) is 11.6 Å². The first-order valence-corrected chi connectivity index (χ1v) is 11.8. The summed E-state index contributed by atoms with van der Waals surface area (Å²) in [4.78, 5) is 22.4. The van der Waals surface area contributed by atoms with Gasteiger partial charge in [0.15, 0.2) is 23.1 Å². The summed E-state index contributed by atoms with van der Waals surface area (Å²) in [5.41, 5.74) is 2.33. The molecule has 2 bridgehead atoms. The molecule has 0 aliphatic carbocycles. The zero-order chi connectivity index (χ0) is 24.8. The summed E-state index contributed by atoms with van der Waals surface area (Å²) in [6, 6.07) is 9.35. The second-order valence-corrected chi connectivity index (χ2v) is 9.33. The number of nitrogens with one attached hydrogen (secondary N) is 2. The highest BCUT2D eigenvalue weighted by Crippen LogP contribution is 2.34. The van der Waals surface area contributed by atoms with Crippen LogP contribution in [0.15, 0.2) is 42.7 Å². The van der Waals surface area contributed by atoms with Crippen LogP contribution in [-0.4, -0.2) is 71.1 Å². The number of aryl methyl sites for hydroxylation is 2. The number of amides is 1. The highest BCUT2D eigenvalue weighted by molar-refractivity contribution is 5.93. The first-order valence-electron chi connectivity index (χ1n) is 11.8. The van der Waals surface area contributed by atoms with Crippen LogP contribution in [0.25, 0.3) is 5.82 Å². The molecule has 2 unspecified atom stereocenters. The number of aromatic amines is 1. The number of fused-ring (bicyclic) bond motifs is 2. The summed E-state index contributed by atoms with van der Waals surface area (Å²) < 4.78 is 14.5. The van der Waals surface area contributed by atoms with Gasteiger partial charge in [-0.1, -0.05) is 0 Å². The topological polar surface area (TPSA) is 121 Å². The second kappa shape index (κ2) is 8.70. The van der Waals surface area contributed by atoms with E-state index >= 15 is 0 Å². The van der Waals surface area contributed by atoms with Crippen molar-refractivity contribution in [1.82, 2.24) is 40.1 Å². The molecule has 2 atom stereocenters. The molecule has 12 heteroatoms. The van der Waals surface area contributed by atoms with E-state index in [0.717, 1.165) is 47.7 Å². The monoisotopic (exact) mass is 488 g/mol. The molecule has 2 N–H and O–H groups in total. The molecule has 2 saturated heterocycles. The van der Waals surface area contributed by atoms with E-state index in [-0.39, 0.29) is 23.7 Å². The third-order valence-corrected chi connectivity index (χ3v) is 6.61. The van der Waals surface area contributed by atoms with Crippen LogP contribution in [0.1, 0.15) is 34.6 Å². The molecule has 4 aromatic heterocycles. The average Bonchev–Trinajstić information content (AvgIpc) is 3.55. The lowest BCUT2D eigenvalue weighted by Gasteiger charge is -2.41. The minimum atomic E-state index is -0.464. The van der Waals surface area contributed by atoms with Crippen molar-refractivity contribution in [3.8, 4) is 5.82 Å². The zero-order valence-electron chi connectivity index (χ0n) is 19.9. The van der Waals surface area contributed by atoms with Gasteiger partial charge in [0.2, 0.25) is 0 Å². The molecule has 0 spiro atoms. The summed E-state index contributed by atoms with van der Waals surface area (Å²) in [6.45, 7) is 5.38. The third-order valence-electron chi connectivity index (χ3n) is 6.61. The van der Waals surface area contributed by atoms with Crippen LogP contribution in [0, 0.1) is 19.7 Å². The molecule has 0 radical (unpaired) electrons. The Balaban J connectivity index is 1.18. The largest absolute Gasteiger partial charge is 0.352 e. The summed E-state index contributed by atoms with van der Waals surface area (Å²) >= 11 is 0. The Bertz CT molecular complexity index is 1400. The average molecular weight is 489 g/mol. The molecule has 11 nitrogen and oxygen atoms in total. The van der Waals surface area contributed by atoms with Crippen LogP contribution < -0.4 is 10.2 Å². The van der Waals surface area contributed by atoms with E-state index in [2.05, 4.69) is 41.8 Å². The minimum Gasteiger partial charge on any atom is -0.352 e. The van der Waals surface area contributed by atoms with E-state index in [1.165, 1.54) is 10.9 Å². The number of hydrogen-bond donors (Lipinski definition) is 2. The minimum absolute atomic E-state index is 0.0608. The van der Waals surface area contributed by atoms with Gasteiger partial charge in [-0.15, -0.1) is 10.2 Å². The van der Waals surface area contributed by atoms with Crippen molar-refractivity contribution in [1.29, 1.82) is 0 Å². The third kappa shape index (κ3) is 4.14. The lowest BCUT2D eigenvalue weighted by molar-refractivity contribution is 0.0633. The van der Waals surface area contributed by atoms with E-state index in [1.807, 2.05) is 30.9 Å². The lowest BCUT2D eigenvalue weighted by Crippen LogP contribution is -2.56. The van der Waals surface area contributed by atoms with Crippen LogP contribution in [-0.2, 0) is 0 Å². The molecule has 36 heavy (non-hydrogen) atoms. The Morgan fingerprint density at radius 3 is 2.50 bits per heavy atom. The highest BCUT2D eigenvalue weighted by Gasteiger charge is 2.43. The lowest BCUT2D eigenvalue weighted by atomic mass is 10.1. The van der Waals surface area contributed by atoms with Gasteiger partial charge < -0.3 is 15.1 Å². The first kappa shape index (κ1) is 22.1. The zero-order valence-corrected chi connectivity index (χ0v) is 19.9. The number of carbonyl (C=O) groups excluding carboxylic acids is 1. The van der Waals surface area contributed by atoms with Crippen LogP contribution in [0.4, 0.5) is 21.8 Å². The molecule has 0 aromatic carbocycles. The Morgan fingerprint density at radius 1 is 1.06 bits per heavy atom. The maximum Gasteiger partial charge on any atom is 0.274 e. The SMILES string of the molecule is Cc1cc(Nc2cc(C)[nH]n2)nc(N2CC3CCC(C2)N3C(=O)c2ccc(-n3cc(F)cn3)nn2)c1. The number of halogens is 1. The molecular formula is C24H25FN10O. The van der Waals surface area contributed by atoms with Gasteiger partial charge in [0, 0.05) is 24.8 Å². The number of aromatic nitrogens is 7. The highest BCUT2D eigenvalue weighted by atomic mass is 19.1. The van der Waals surface area contributed by atoms with Crippen LogP contribution in [0.3, 0.4) is 0 Å². The standard InChI is InChI=1S/C24H25FN10O/c1-14-7-20(27-21-9-15(2)29-31-21)28-23(8-14)33-12-17-3-4-18(13-33)35(17)24(36)19-5-6-22(32-30-19)34-11-16(25)10-26-34/h5-11,17-18H,3-4,12-13H2,1-2H3,(H2,27,28,29,31). The van der Waals surface area contributed by atoms with Crippen molar-refractivity contribution in [2.45, 2.75) is 38.8 Å². The normalized spacial score (nSPS) is 19.1. The summed E-state index contributed by atoms with van der Waals surface area (Å²) in [5, 5.41) is 22.5. The van der Waals surface area contributed by atoms with Crippen molar-refractivity contribution in [2.75, 3.05) is 23.3 Å². The Morgan fingerprint density at radius 2 is 1.86 bits per heavy atom. The van der Waals surface area contributed by atoms with Crippen molar-refractivity contribution in [2.24, 2.45) is 0 Å². The van der Waals surface area contributed by atoms with E-state index in [0.29, 0.717) is 18.9 Å². The molecule has 2 aliphatic heterocycles. The first-order chi connectivity index (χ1) is 17.4. The predicted molar refractivity (Wildman–Crippen MR) is 130 cm³/mol. The van der Waals surface area contributed by atoms with Gasteiger partial charge in [-0.25, -0.2) is 14.1 Å². The van der Waals surface area contributed by atoms with Crippen molar-refractivity contribution >= 4 is 23.4 Å². The molecule has 2 aliphatic rings. The molecule has 6 rings (SSSR count). The van der Waals surface area contributed by atoms with E-state index in [9.17, 15) is 9.18 Å². The maximum atomic E-state index is 13.4. The van der Waals surface area contributed by atoms with Gasteiger partial charge in [-0.3, -0.25) is 9.89 Å². The fourth-order valence-electron chi connectivity index (χ4n) is 5.03. The summed E-state index contributed by atoms with van der Waals surface area (Å²) in [5.74, 6) is 2.08. The van der Waals surface area contributed by atoms with Gasteiger partial charge in [0.25, 0.3) is 5.91 Å². The molecule has 4 aromatic rings. The molecule has 0 saturated carbocycles. The molecular weight excluding hydrogens is 463 g/mol. The summed E-state index contributed by atoms with van der Waals surface area (Å²) in [6.07, 6.45) is 4.15. The Kier molecular flexibility index (Phi) is 5.35. The number of H-pyrrole nitrogens is 1. The van der Waals surface area contributed by atoms with Crippen LogP contribution in [0.5, 0.6) is 0 Å². The number of nitrogens with zero attached hydrogens (tertiary/aromatic N) is 8. The number of pyridine rings is 1. The fraction of sp³-hybridized carbons (Fsp3) is 0.333. The van der Waals surface area contributed by atoms with Gasteiger partial charge in [0.05, 0.1) is 24.5 Å². The predicted octanol–water partition coefficient (Wildman–Crippen LogP) is 2.77. The number of carbonyl (C=O) groups is 1. The van der Waals surface area contributed by atoms with E-state index in [1.54, 1.807) is 12.1 Å². The van der Waals surface area contributed by atoms with E-state index in [4.69, 9.17) is 4.98 Å². The Hall–Kier alpha value is -4.35. The summed E-state index contributed by atoms with van der Waals surface area (Å²) in [7, 11) is 0. The maximum absolute atomic E-state index is 13.4. The van der Waals surface area contributed by atoms with Crippen molar-refractivity contribution in [3.63, 3.8) is 0 Å². The fourth-order valence-corrected chi connectivity index (χ4v) is 5.03. The van der Waals surface area contributed by atoms with Crippen LogP contribution >= 0.6 is 0 Å². The van der Waals surface area contributed by atoms with Crippen molar-refractivity contribution < 1.29 is 9.18 Å². The molecule has 6 heterocycles. The number of piperazine rings is 1. The number of rotatable bonds is 5. The van der Waals surface area contributed by atoms with Crippen molar-refractivity contribution in [3.05, 3.63) is 65.5 Å². The van der Waals surface area contributed by atoms with Gasteiger partial charge in [-0.2, -0.15) is 10.2 Å².